The van der Waals surface area contributed by atoms with Crippen molar-refractivity contribution in [3.05, 3.63) is 18.2 Å². The summed E-state index contributed by atoms with van der Waals surface area (Å²) in [7, 11) is 2.18. The highest BCUT2D eigenvalue weighted by Gasteiger charge is 2.22. The molecule has 1 aliphatic rings. The van der Waals surface area contributed by atoms with E-state index < -0.39 is 0 Å². The third-order valence-corrected chi connectivity index (χ3v) is 3.76. The van der Waals surface area contributed by atoms with Crippen LogP contribution in [-0.2, 0) is 0 Å². The van der Waals surface area contributed by atoms with Gasteiger partial charge in [-0.25, -0.2) is 0 Å². The van der Waals surface area contributed by atoms with Gasteiger partial charge in [0.2, 0.25) is 0 Å². The summed E-state index contributed by atoms with van der Waals surface area (Å²) >= 11 is 0. The largest absolute Gasteiger partial charge is 0.489 e. The van der Waals surface area contributed by atoms with Gasteiger partial charge < -0.3 is 20.3 Å². The van der Waals surface area contributed by atoms with Gasteiger partial charge in [-0.15, -0.1) is 0 Å². The van der Waals surface area contributed by atoms with Crippen LogP contribution < -0.4 is 15.4 Å². The van der Waals surface area contributed by atoms with Gasteiger partial charge in [-0.2, -0.15) is 0 Å². The third-order valence-electron chi connectivity index (χ3n) is 3.76. The van der Waals surface area contributed by atoms with Gasteiger partial charge in [-0.05, 0) is 52.9 Å². The molecule has 1 saturated heterocycles. The first-order valence-corrected chi connectivity index (χ1v) is 7.49. The van der Waals surface area contributed by atoms with Crippen molar-refractivity contribution in [3.63, 3.8) is 0 Å². The van der Waals surface area contributed by atoms with E-state index in [2.05, 4.69) is 29.8 Å². The molecule has 0 spiro atoms. The van der Waals surface area contributed by atoms with Gasteiger partial charge in [-0.1, -0.05) is 6.07 Å². The van der Waals surface area contributed by atoms with Gasteiger partial charge in [-0.3, -0.25) is 0 Å². The summed E-state index contributed by atoms with van der Waals surface area (Å²) in [6.45, 7) is 9.56. The minimum Gasteiger partial charge on any atom is -0.489 e. The molecule has 112 valence electrons. The normalized spacial score (nSPS) is 21.1. The van der Waals surface area contributed by atoms with E-state index in [9.17, 15) is 0 Å². The molecule has 1 fully saturated rings. The van der Waals surface area contributed by atoms with Crippen molar-refractivity contribution in [2.45, 2.75) is 39.3 Å². The number of nitrogens with two attached hydrogens (primary N) is 1. The molecule has 1 unspecified atom stereocenters. The van der Waals surface area contributed by atoms with Crippen LogP contribution in [-0.4, -0.2) is 43.7 Å². The van der Waals surface area contributed by atoms with E-state index in [0.717, 1.165) is 43.2 Å². The molecule has 2 N–H and O–H groups in total. The minimum absolute atomic E-state index is 0.139. The highest BCUT2D eigenvalue weighted by Crippen LogP contribution is 2.34. The second-order valence-electron chi connectivity index (χ2n) is 6.01. The average molecular weight is 277 g/mol. The van der Waals surface area contributed by atoms with Gasteiger partial charge in [0.1, 0.15) is 5.75 Å². The molecule has 0 amide bonds. The second kappa shape index (κ2) is 6.35. The van der Waals surface area contributed by atoms with Crippen LogP contribution in [0.15, 0.2) is 18.2 Å². The van der Waals surface area contributed by atoms with E-state index in [1.165, 1.54) is 0 Å². The zero-order valence-corrected chi connectivity index (χ0v) is 13.1. The Labute approximate surface area is 122 Å². The number of hydrogen-bond acceptors (Lipinski definition) is 4. The van der Waals surface area contributed by atoms with Gasteiger partial charge in [0.05, 0.1) is 17.5 Å². The molecule has 1 aromatic carbocycles. The highest BCUT2D eigenvalue weighted by molar-refractivity contribution is 5.74. The Morgan fingerprint density at radius 3 is 2.75 bits per heavy atom. The van der Waals surface area contributed by atoms with Gasteiger partial charge >= 0.3 is 0 Å². The average Bonchev–Trinajstić information content (AvgIpc) is 2.52. The molecule has 1 atom stereocenters. The summed E-state index contributed by atoms with van der Waals surface area (Å²) in [5.41, 5.74) is 8.19. The summed E-state index contributed by atoms with van der Waals surface area (Å²) in [5, 5.41) is 0. The van der Waals surface area contributed by atoms with E-state index in [0.29, 0.717) is 6.04 Å². The molecule has 0 aliphatic carbocycles. The molecular formula is C16H27N3O. The number of nitrogen functional groups attached to an aromatic ring is 1. The van der Waals surface area contributed by atoms with Crippen LogP contribution in [0, 0.1) is 0 Å². The molecule has 2 rings (SSSR count). The molecule has 0 aromatic heterocycles. The van der Waals surface area contributed by atoms with E-state index in [4.69, 9.17) is 10.5 Å². The fourth-order valence-electron chi connectivity index (χ4n) is 2.87. The first-order valence-electron chi connectivity index (χ1n) is 7.49. The quantitative estimate of drug-likeness (QED) is 0.862. The summed E-state index contributed by atoms with van der Waals surface area (Å²) in [6.07, 6.45) is 1.30. The number of benzene rings is 1. The summed E-state index contributed by atoms with van der Waals surface area (Å²) in [4.78, 5) is 4.79. The predicted octanol–water partition coefficient (Wildman–Crippen LogP) is 2.59. The predicted molar refractivity (Wildman–Crippen MR) is 85.5 cm³/mol. The van der Waals surface area contributed by atoms with E-state index in [1.54, 1.807) is 0 Å². The number of ether oxygens (including phenoxy) is 1. The van der Waals surface area contributed by atoms with Crippen LogP contribution in [0.3, 0.4) is 0 Å². The summed E-state index contributed by atoms with van der Waals surface area (Å²) in [6, 6.07) is 6.54. The van der Waals surface area contributed by atoms with Crippen molar-refractivity contribution in [2.24, 2.45) is 0 Å². The number of hydrogen-bond donors (Lipinski definition) is 1. The molecule has 0 bridgehead atoms. The van der Waals surface area contributed by atoms with E-state index in [1.807, 2.05) is 26.0 Å². The summed E-state index contributed by atoms with van der Waals surface area (Å²) in [5.74, 6) is 0.794. The van der Waals surface area contributed by atoms with E-state index >= 15 is 0 Å². The molecule has 1 aromatic rings. The lowest BCUT2D eigenvalue weighted by molar-refractivity contribution is 0.244. The van der Waals surface area contributed by atoms with Crippen molar-refractivity contribution < 1.29 is 4.74 Å². The van der Waals surface area contributed by atoms with Crippen molar-refractivity contribution in [1.29, 1.82) is 0 Å². The van der Waals surface area contributed by atoms with Crippen molar-refractivity contribution in [2.75, 3.05) is 37.3 Å². The lowest BCUT2D eigenvalue weighted by atomic mass is 10.1. The molecule has 4 heteroatoms. The molecular weight excluding hydrogens is 250 g/mol. The SMILES string of the molecule is CC(C)Oc1cccc(N2CCCN(C)CC2C)c1N. The first kappa shape index (κ1) is 15.0. The Morgan fingerprint density at radius 1 is 1.30 bits per heavy atom. The lowest BCUT2D eigenvalue weighted by Gasteiger charge is -2.31. The number of likely N-dealkylation sites (N-methyl/N-ethyl adjacent to an activating group) is 1. The first-order chi connectivity index (χ1) is 9.49. The Hall–Kier alpha value is -1.42. The van der Waals surface area contributed by atoms with Gasteiger partial charge in [0.15, 0.2) is 0 Å². The standard InChI is InChI=1S/C16H27N3O/c1-12(2)20-15-8-5-7-14(16(15)17)19-10-6-9-18(4)11-13(19)3/h5,7-8,12-13H,6,9-11,17H2,1-4H3. The molecule has 1 heterocycles. The maximum absolute atomic E-state index is 6.33. The molecule has 20 heavy (non-hydrogen) atoms. The van der Waals surface area contributed by atoms with Gasteiger partial charge in [0, 0.05) is 19.1 Å². The summed E-state index contributed by atoms with van der Waals surface area (Å²) < 4.78 is 5.80. The van der Waals surface area contributed by atoms with Crippen molar-refractivity contribution in [1.82, 2.24) is 4.90 Å². The van der Waals surface area contributed by atoms with Crippen LogP contribution in [0.2, 0.25) is 0 Å². The number of nitrogens with zero attached hydrogens (tertiary/aromatic N) is 2. The Morgan fingerprint density at radius 2 is 2.05 bits per heavy atom. The maximum Gasteiger partial charge on any atom is 0.144 e. The Balaban J connectivity index is 2.27. The minimum atomic E-state index is 0.139. The second-order valence-corrected chi connectivity index (χ2v) is 6.01. The number of para-hydroxylation sites is 1. The lowest BCUT2D eigenvalue weighted by Crippen LogP contribution is -2.38. The van der Waals surface area contributed by atoms with Gasteiger partial charge in [0.25, 0.3) is 0 Å². The van der Waals surface area contributed by atoms with Crippen molar-refractivity contribution >= 4 is 11.4 Å². The van der Waals surface area contributed by atoms with Crippen molar-refractivity contribution in [3.8, 4) is 5.75 Å². The van der Waals surface area contributed by atoms with Crippen LogP contribution >= 0.6 is 0 Å². The van der Waals surface area contributed by atoms with Crippen LogP contribution in [0.4, 0.5) is 11.4 Å². The van der Waals surface area contributed by atoms with Crippen LogP contribution in [0.25, 0.3) is 0 Å². The topological polar surface area (TPSA) is 41.7 Å². The maximum atomic E-state index is 6.33. The molecule has 0 radical (unpaired) electrons. The molecule has 1 aliphatic heterocycles. The molecule has 4 nitrogen and oxygen atoms in total. The van der Waals surface area contributed by atoms with Crippen LogP contribution in [0.1, 0.15) is 27.2 Å². The van der Waals surface area contributed by atoms with E-state index in [-0.39, 0.29) is 6.10 Å². The number of rotatable bonds is 3. The fraction of sp³-hybridized carbons (Fsp3) is 0.625. The third kappa shape index (κ3) is 3.37. The Bertz CT molecular complexity index is 447. The Kier molecular flexibility index (Phi) is 4.76. The van der Waals surface area contributed by atoms with Crippen LogP contribution in [0.5, 0.6) is 5.75 Å². The monoisotopic (exact) mass is 277 g/mol. The fourth-order valence-corrected chi connectivity index (χ4v) is 2.87. The molecule has 0 saturated carbocycles. The zero-order valence-electron chi connectivity index (χ0n) is 13.1. The smallest absolute Gasteiger partial charge is 0.144 e. The number of anilines is 2. The zero-order chi connectivity index (χ0) is 14.7. The highest BCUT2D eigenvalue weighted by atomic mass is 16.5.